The highest BCUT2D eigenvalue weighted by molar-refractivity contribution is 5.85. The Morgan fingerprint density at radius 1 is 0.951 bits per heavy atom. The van der Waals surface area contributed by atoms with E-state index >= 15 is 0 Å². The minimum atomic E-state index is -0.431. The van der Waals surface area contributed by atoms with Gasteiger partial charge in [-0.25, -0.2) is 0 Å². The first-order valence-electron chi connectivity index (χ1n) is 15.9. The number of hydrogen-bond donors (Lipinski definition) is 2. The van der Waals surface area contributed by atoms with Gasteiger partial charge in [0.25, 0.3) is 0 Å². The van der Waals surface area contributed by atoms with Crippen molar-refractivity contribution in [2.45, 2.75) is 87.9 Å². The quantitative estimate of drug-likeness (QED) is 0.453. The maximum Gasteiger partial charge on any atom is 0.234 e. The van der Waals surface area contributed by atoms with E-state index in [1.54, 1.807) is 7.11 Å². The molecule has 7 heteroatoms. The summed E-state index contributed by atoms with van der Waals surface area (Å²) in [5.41, 5.74) is 2.96. The molecule has 0 bridgehead atoms. The minimum absolute atomic E-state index is 0.0444. The number of para-hydroxylation sites is 2. The molecule has 2 saturated heterocycles. The van der Waals surface area contributed by atoms with Crippen molar-refractivity contribution in [1.82, 2.24) is 20.4 Å². The Kier molecular flexibility index (Phi) is 9.04. The number of rotatable bonds is 9. The molecule has 6 rings (SSSR count). The molecule has 3 fully saturated rings. The number of aliphatic imine (C=N–C) groups is 1. The number of fused-ring (bicyclic) bond motifs is 1. The lowest BCUT2D eigenvalue weighted by Gasteiger charge is -2.49. The number of benzene rings is 2. The Hall–Kier alpha value is -2.74. The number of carbonyl (C=O) groups is 1. The van der Waals surface area contributed by atoms with E-state index in [4.69, 9.17) is 9.73 Å². The minimum Gasteiger partial charge on any atom is -0.496 e. The molecule has 4 aliphatic rings. The summed E-state index contributed by atoms with van der Waals surface area (Å²) in [7, 11) is 1.73. The molecule has 0 spiro atoms. The number of ether oxygens (including phenoxy) is 1. The molecule has 1 saturated carbocycles. The van der Waals surface area contributed by atoms with Crippen molar-refractivity contribution in [2.75, 3.05) is 39.8 Å². The van der Waals surface area contributed by atoms with E-state index in [1.807, 2.05) is 12.1 Å². The molecule has 3 aliphatic heterocycles. The zero-order valence-corrected chi connectivity index (χ0v) is 24.7. The monoisotopic (exact) mass is 557 g/mol. The van der Waals surface area contributed by atoms with Gasteiger partial charge >= 0.3 is 0 Å². The van der Waals surface area contributed by atoms with Gasteiger partial charge in [0.1, 0.15) is 5.75 Å². The fraction of sp³-hybridized carbons (Fsp3) is 0.588. The highest BCUT2D eigenvalue weighted by atomic mass is 16.5. The van der Waals surface area contributed by atoms with Crippen molar-refractivity contribution < 1.29 is 9.53 Å². The third-order valence-electron chi connectivity index (χ3n) is 10.1. The van der Waals surface area contributed by atoms with Crippen molar-refractivity contribution in [3.8, 4) is 5.75 Å². The van der Waals surface area contributed by atoms with Crippen LogP contribution in [0.25, 0.3) is 0 Å². The van der Waals surface area contributed by atoms with Gasteiger partial charge in [-0.3, -0.25) is 14.7 Å². The van der Waals surface area contributed by atoms with Crippen LogP contribution in [-0.4, -0.2) is 79.4 Å². The van der Waals surface area contributed by atoms with Crippen molar-refractivity contribution in [2.24, 2.45) is 4.99 Å². The zero-order chi connectivity index (χ0) is 28.1. The number of amides is 1. The van der Waals surface area contributed by atoms with E-state index in [1.165, 1.54) is 50.8 Å². The summed E-state index contributed by atoms with van der Waals surface area (Å²) in [6.45, 7) is 5.68. The Bertz CT molecular complexity index is 1200. The molecule has 2 aromatic carbocycles. The summed E-state index contributed by atoms with van der Waals surface area (Å²) >= 11 is 0. The van der Waals surface area contributed by atoms with Crippen LogP contribution in [-0.2, 0) is 11.3 Å². The molecule has 3 heterocycles. The van der Waals surface area contributed by atoms with Gasteiger partial charge in [0.05, 0.1) is 24.9 Å². The first kappa shape index (κ1) is 28.4. The van der Waals surface area contributed by atoms with Crippen LogP contribution in [0.3, 0.4) is 0 Å². The molecule has 0 aromatic heterocycles. The van der Waals surface area contributed by atoms with Crippen molar-refractivity contribution >= 4 is 17.8 Å². The molecule has 2 aromatic rings. The predicted molar refractivity (Wildman–Crippen MR) is 165 cm³/mol. The van der Waals surface area contributed by atoms with Gasteiger partial charge in [-0.15, -0.1) is 0 Å². The SMILES string of the molecule is COc1ccccc1CNC1CCCCC1(NC(=O)CN1CCC(N2CCCCC2)CC1)C1C=Nc2ccccc21. The topological polar surface area (TPSA) is 69.2 Å². The summed E-state index contributed by atoms with van der Waals surface area (Å²) in [6.07, 6.45) is 12.7. The number of piperidine rings is 2. The predicted octanol–water partition coefficient (Wildman–Crippen LogP) is 5.03. The molecule has 1 aliphatic carbocycles. The van der Waals surface area contributed by atoms with E-state index in [9.17, 15) is 4.79 Å². The molecule has 2 N–H and O–H groups in total. The lowest BCUT2D eigenvalue weighted by molar-refractivity contribution is -0.125. The molecule has 3 atom stereocenters. The number of likely N-dealkylation sites (tertiary alicyclic amines) is 2. The Morgan fingerprint density at radius 2 is 1.73 bits per heavy atom. The Morgan fingerprint density at radius 3 is 2.56 bits per heavy atom. The van der Waals surface area contributed by atoms with Gasteiger partial charge in [0, 0.05) is 49.4 Å². The van der Waals surface area contributed by atoms with E-state index in [-0.39, 0.29) is 17.9 Å². The number of nitrogens with one attached hydrogen (secondary N) is 2. The van der Waals surface area contributed by atoms with Gasteiger partial charge in [0.15, 0.2) is 0 Å². The van der Waals surface area contributed by atoms with Crippen LogP contribution in [0.15, 0.2) is 53.5 Å². The average Bonchev–Trinajstić information content (AvgIpc) is 3.46. The molecule has 220 valence electrons. The van der Waals surface area contributed by atoms with Crippen molar-refractivity contribution in [1.29, 1.82) is 0 Å². The maximum atomic E-state index is 13.9. The third kappa shape index (κ3) is 6.23. The van der Waals surface area contributed by atoms with Crippen molar-refractivity contribution in [3.05, 3.63) is 59.7 Å². The summed E-state index contributed by atoms with van der Waals surface area (Å²) in [5.74, 6) is 1.08. The number of hydrogen-bond acceptors (Lipinski definition) is 6. The second kappa shape index (κ2) is 13.1. The average molecular weight is 558 g/mol. The second-order valence-electron chi connectivity index (χ2n) is 12.5. The lowest BCUT2D eigenvalue weighted by Crippen LogP contribution is -2.66. The van der Waals surface area contributed by atoms with E-state index in [0.29, 0.717) is 19.1 Å². The fourth-order valence-corrected chi connectivity index (χ4v) is 7.91. The highest BCUT2D eigenvalue weighted by Crippen LogP contribution is 2.45. The van der Waals surface area contributed by atoms with Crippen LogP contribution in [0.5, 0.6) is 5.75 Å². The molecule has 0 radical (unpaired) electrons. The van der Waals surface area contributed by atoms with Crippen LogP contribution in [0.4, 0.5) is 5.69 Å². The zero-order valence-electron chi connectivity index (χ0n) is 24.7. The second-order valence-corrected chi connectivity index (χ2v) is 12.5. The number of methoxy groups -OCH3 is 1. The third-order valence-corrected chi connectivity index (χ3v) is 10.1. The first-order chi connectivity index (χ1) is 20.2. The largest absolute Gasteiger partial charge is 0.496 e. The number of nitrogens with zero attached hydrogens (tertiary/aromatic N) is 3. The standard InChI is InChI=1S/C34H47N5O2/c1-41-31-14-6-3-11-26(31)23-36-32-15-7-8-18-34(32,29-24-35-30-13-5-4-12-28(29)30)37-33(40)25-38-21-16-27(17-22-38)39-19-9-2-10-20-39/h3-6,11-14,24,27,29,32,36H,2,7-10,15-23,25H2,1H3,(H,37,40). The molecular formula is C34H47N5O2. The summed E-state index contributed by atoms with van der Waals surface area (Å²) < 4.78 is 5.64. The Balaban J connectivity index is 1.18. The van der Waals surface area contributed by atoms with Gasteiger partial charge in [-0.05, 0) is 69.3 Å². The number of carbonyl (C=O) groups excluding carboxylic acids is 1. The Labute approximate surface area is 245 Å². The van der Waals surface area contributed by atoms with E-state index in [0.717, 1.165) is 55.8 Å². The maximum absolute atomic E-state index is 13.9. The van der Waals surface area contributed by atoms with Crippen LogP contribution in [0, 0.1) is 0 Å². The van der Waals surface area contributed by atoms with E-state index in [2.05, 4.69) is 63.0 Å². The normalized spacial score (nSPS) is 27.4. The van der Waals surface area contributed by atoms with Gasteiger partial charge in [-0.2, -0.15) is 0 Å². The van der Waals surface area contributed by atoms with Crippen molar-refractivity contribution in [3.63, 3.8) is 0 Å². The van der Waals surface area contributed by atoms with Crippen LogP contribution in [0.2, 0.25) is 0 Å². The summed E-state index contributed by atoms with van der Waals surface area (Å²) in [6, 6.07) is 17.4. The van der Waals surface area contributed by atoms with Gasteiger partial charge in [0.2, 0.25) is 5.91 Å². The van der Waals surface area contributed by atoms with E-state index < -0.39 is 5.54 Å². The van der Waals surface area contributed by atoms with Crippen LogP contribution >= 0.6 is 0 Å². The fourth-order valence-electron chi connectivity index (χ4n) is 7.91. The lowest BCUT2D eigenvalue weighted by atomic mass is 9.67. The molecule has 1 amide bonds. The molecular weight excluding hydrogens is 510 g/mol. The highest BCUT2D eigenvalue weighted by Gasteiger charge is 2.49. The summed E-state index contributed by atoms with van der Waals surface area (Å²) in [5, 5.41) is 7.56. The molecule has 3 unspecified atom stereocenters. The molecule has 41 heavy (non-hydrogen) atoms. The van der Waals surface area contributed by atoms with Gasteiger partial charge in [-0.1, -0.05) is 55.7 Å². The van der Waals surface area contributed by atoms with Gasteiger partial charge < -0.3 is 20.3 Å². The first-order valence-corrected chi connectivity index (χ1v) is 15.9. The smallest absolute Gasteiger partial charge is 0.234 e. The van der Waals surface area contributed by atoms with Crippen LogP contribution in [0.1, 0.15) is 74.8 Å². The van der Waals surface area contributed by atoms with Crippen LogP contribution < -0.4 is 15.4 Å². The summed E-state index contributed by atoms with van der Waals surface area (Å²) in [4.78, 5) is 23.8. The molecule has 7 nitrogen and oxygen atoms in total.